The van der Waals surface area contributed by atoms with Crippen LogP contribution in [0.2, 0.25) is 0 Å². The number of amides is 1. The Morgan fingerprint density at radius 1 is 1.61 bits per heavy atom. The number of hydrogen-bond donors (Lipinski definition) is 1. The molecule has 0 radical (unpaired) electrons. The highest BCUT2D eigenvalue weighted by Gasteiger charge is 2.47. The number of carbonyl (C=O) groups is 1. The second kappa shape index (κ2) is 4.37. The van der Waals surface area contributed by atoms with E-state index in [0.29, 0.717) is 31.8 Å². The average Bonchev–Trinajstić information content (AvgIpc) is 3.04. The summed E-state index contributed by atoms with van der Waals surface area (Å²) in [6.45, 7) is 1.61. The van der Waals surface area contributed by atoms with Gasteiger partial charge < -0.3 is 19.3 Å². The molecule has 2 aliphatic heterocycles. The van der Waals surface area contributed by atoms with Gasteiger partial charge in [-0.1, -0.05) is 5.16 Å². The normalized spacial score (nSPS) is 32.1. The smallest absolute Gasteiger partial charge is 0.276 e. The van der Waals surface area contributed by atoms with Gasteiger partial charge in [0.25, 0.3) is 5.91 Å². The highest BCUT2D eigenvalue weighted by Crippen LogP contribution is 2.35. The van der Waals surface area contributed by atoms with Crippen molar-refractivity contribution in [2.45, 2.75) is 31.0 Å². The summed E-state index contributed by atoms with van der Waals surface area (Å²) in [5.41, 5.74) is -0.267. The first-order chi connectivity index (χ1) is 8.71. The molecule has 98 valence electrons. The van der Waals surface area contributed by atoms with Crippen LogP contribution in [0, 0.1) is 0 Å². The van der Waals surface area contributed by atoms with Crippen molar-refractivity contribution in [2.24, 2.45) is 0 Å². The van der Waals surface area contributed by atoms with Gasteiger partial charge in [-0.05, 0) is 19.3 Å². The lowest BCUT2D eigenvalue weighted by Gasteiger charge is -2.42. The van der Waals surface area contributed by atoms with Crippen LogP contribution in [-0.2, 0) is 4.74 Å². The Balaban J connectivity index is 1.77. The van der Waals surface area contributed by atoms with E-state index >= 15 is 0 Å². The third-order valence-corrected chi connectivity index (χ3v) is 3.82. The van der Waals surface area contributed by atoms with Gasteiger partial charge in [0.05, 0.1) is 12.6 Å². The average molecular weight is 252 g/mol. The molecule has 0 bridgehead atoms. The van der Waals surface area contributed by atoms with E-state index in [-0.39, 0.29) is 5.91 Å². The Bertz CT molecular complexity index is 425. The van der Waals surface area contributed by atoms with Crippen LogP contribution in [-0.4, -0.2) is 52.5 Å². The van der Waals surface area contributed by atoms with E-state index in [1.807, 2.05) is 0 Å². The summed E-state index contributed by atoms with van der Waals surface area (Å²) < 4.78 is 10.4. The maximum atomic E-state index is 12.2. The van der Waals surface area contributed by atoms with Crippen LogP contribution < -0.4 is 0 Å². The zero-order valence-corrected chi connectivity index (χ0v) is 10.0. The van der Waals surface area contributed by atoms with Gasteiger partial charge in [0.15, 0.2) is 5.69 Å². The van der Waals surface area contributed by atoms with Crippen molar-refractivity contribution in [1.82, 2.24) is 10.1 Å². The molecule has 0 unspecified atom stereocenters. The molecule has 1 amide bonds. The third kappa shape index (κ3) is 1.81. The van der Waals surface area contributed by atoms with Gasteiger partial charge >= 0.3 is 0 Å². The molecule has 1 aromatic heterocycles. The van der Waals surface area contributed by atoms with Crippen LogP contribution in [0.3, 0.4) is 0 Å². The van der Waals surface area contributed by atoms with Gasteiger partial charge in [0.1, 0.15) is 11.9 Å². The predicted octanol–water partition coefficient (Wildman–Crippen LogP) is 0.431. The minimum atomic E-state index is -0.572. The highest BCUT2D eigenvalue weighted by atomic mass is 16.5. The molecule has 6 nitrogen and oxygen atoms in total. The molecule has 1 aromatic rings. The lowest BCUT2D eigenvalue weighted by molar-refractivity contribution is -0.124. The molecule has 2 fully saturated rings. The minimum absolute atomic E-state index is 0.162. The van der Waals surface area contributed by atoms with Crippen molar-refractivity contribution in [3.8, 4) is 0 Å². The van der Waals surface area contributed by atoms with Crippen molar-refractivity contribution >= 4 is 5.91 Å². The summed E-state index contributed by atoms with van der Waals surface area (Å²) in [5.74, 6) is -0.162. The fourth-order valence-electron chi connectivity index (χ4n) is 2.81. The molecule has 3 heterocycles. The Hall–Kier alpha value is -1.40. The first-order valence-corrected chi connectivity index (χ1v) is 6.23. The Morgan fingerprint density at radius 2 is 2.50 bits per heavy atom. The summed E-state index contributed by atoms with van der Waals surface area (Å²) in [6.07, 6.45) is 3.18. The van der Waals surface area contributed by atoms with Crippen molar-refractivity contribution in [3.05, 3.63) is 18.0 Å². The number of carbonyl (C=O) groups excluding carboxylic acids is 1. The number of likely N-dealkylation sites (tertiary alicyclic amines) is 1. The van der Waals surface area contributed by atoms with Gasteiger partial charge in [0.2, 0.25) is 0 Å². The number of hydrogen-bond acceptors (Lipinski definition) is 5. The lowest BCUT2D eigenvalue weighted by Crippen LogP contribution is -2.57. The van der Waals surface area contributed by atoms with Gasteiger partial charge in [-0.25, -0.2) is 0 Å². The van der Waals surface area contributed by atoms with Crippen LogP contribution in [0.5, 0.6) is 0 Å². The Labute approximate surface area is 104 Å². The third-order valence-electron chi connectivity index (χ3n) is 3.82. The van der Waals surface area contributed by atoms with E-state index in [1.54, 1.807) is 11.0 Å². The highest BCUT2D eigenvalue weighted by molar-refractivity contribution is 5.92. The Morgan fingerprint density at radius 3 is 3.17 bits per heavy atom. The fraction of sp³-hybridized carbons (Fsp3) is 0.667. The molecular formula is C12H16N2O4. The first kappa shape index (κ1) is 11.7. The summed E-state index contributed by atoms with van der Waals surface area (Å²) >= 11 is 0. The first-order valence-electron chi connectivity index (χ1n) is 6.23. The number of aliphatic hydroxyl groups is 1. The molecule has 2 atom stereocenters. The van der Waals surface area contributed by atoms with Gasteiger partial charge in [0, 0.05) is 19.2 Å². The summed E-state index contributed by atoms with van der Waals surface area (Å²) in [4.78, 5) is 13.9. The van der Waals surface area contributed by atoms with Crippen LogP contribution in [0.4, 0.5) is 0 Å². The number of aliphatic hydroxyl groups excluding tert-OH is 1. The molecule has 6 heteroatoms. The molecule has 2 saturated heterocycles. The maximum absolute atomic E-state index is 12.2. The molecule has 1 N–H and O–H groups in total. The second-order valence-corrected chi connectivity index (χ2v) is 4.93. The minimum Gasteiger partial charge on any atom is -0.390 e. The van der Waals surface area contributed by atoms with E-state index < -0.39 is 11.7 Å². The van der Waals surface area contributed by atoms with Crippen LogP contribution in [0.25, 0.3) is 0 Å². The summed E-state index contributed by atoms with van der Waals surface area (Å²) in [5, 5.41) is 13.7. The van der Waals surface area contributed by atoms with Crippen molar-refractivity contribution < 1.29 is 19.2 Å². The van der Waals surface area contributed by atoms with E-state index in [1.165, 1.54) is 6.26 Å². The lowest BCUT2D eigenvalue weighted by atomic mass is 9.87. The summed E-state index contributed by atoms with van der Waals surface area (Å²) in [7, 11) is 0. The topological polar surface area (TPSA) is 75.8 Å². The molecule has 1 spiro atoms. The van der Waals surface area contributed by atoms with Gasteiger partial charge in [-0.3, -0.25) is 4.79 Å². The molecule has 3 rings (SSSR count). The summed E-state index contributed by atoms with van der Waals surface area (Å²) in [6, 6.07) is 1.55. The number of rotatable bonds is 1. The number of nitrogens with zero attached hydrogens (tertiary/aromatic N) is 2. The van der Waals surface area contributed by atoms with E-state index in [4.69, 9.17) is 4.74 Å². The predicted molar refractivity (Wildman–Crippen MR) is 60.9 cm³/mol. The molecular weight excluding hydrogens is 236 g/mol. The molecule has 0 aliphatic carbocycles. The number of piperidine rings is 1. The van der Waals surface area contributed by atoms with Gasteiger partial charge in [-0.15, -0.1) is 0 Å². The number of ether oxygens (including phenoxy) is 1. The Kier molecular flexibility index (Phi) is 2.83. The SMILES string of the molecule is O=C(c1ccon1)N1CC[C@H](O)[C@]2(CCCO2)C1. The van der Waals surface area contributed by atoms with Crippen LogP contribution >= 0.6 is 0 Å². The molecule has 18 heavy (non-hydrogen) atoms. The quantitative estimate of drug-likeness (QED) is 0.784. The standard InChI is InChI=1S/C12H16N2O4/c15-10-2-5-14(8-12(10)4-1-6-17-12)11(16)9-3-7-18-13-9/h3,7,10,15H,1-2,4-6,8H2/t10-,12-/m0/s1. The second-order valence-electron chi connectivity index (χ2n) is 4.93. The monoisotopic (exact) mass is 252 g/mol. The van der Waals surface area contributed by atoms with Crippen molar-refractivity contribution in [1.29, 1.82) is 0 Å². The largest absolute Gasteiger partial charge is 0.390 e. The number of aromatic nitrogens is 1. The van der Waals surface area contributed by atoms with Crippen LogP contribution in [0.15, 0.2) is 16.9 Å². The molecule has 0 aromatic carbocycles. The van der Waals surface area contributed by atoms with Crippen molar-refractivity contribution in [2.75, 3.05) is 19.7 Å². The van der Waals surface area contributed by atoms with E-state index in [9.17, 15) is 9.90 Å². The van der Waals surface area contributed by atoms with Gasteiger partial charge in [-0.2, -0.15) is 0 Å². The zero-order valence-electron chi connectivity index (χ0n) is 10.0. The van der Waals surface area contributed by atoms with Crippen LogP contribution in [0.1, 0.15) is 29.8 Å². The van der Waals surface area contributed by atoms with Crippen molar-refractivity contribution in [3.63, 3.8) is 0 Å². The van der Waals surface area contributed by atoms with E-state index in [0.717, 1.165) is 12.8 Å². The zero-order chi connectivity index (χ0) is 12.6. The fourth-order valence-corrected chi connectivity index (χ4v) is 2.81. The molecule has 0 saturated carbocycles. The maximum Gasteiger partial charge on any atom is 0.276 e. The molecule has 2 aliphatic rings. The van der Waals surface area contributed by atoms with E-state index in [2.05, 4.69) is 9.68 Å².